The zero-order valence-electron chi connectivity index (χ0n) is 22.3. The number of nitrogens with zero attached hydrogens (tertiary/aromatic N) is 1. The predicted octanol–water partition coefficient (Wildman–Crippen LogP) is -0.589. The molecule has 0 aromatic heterocycles. The third kappa shape index (κ3) is 7.42. The average Bonchev–Trinajstić information content (AvgIpc) is 3.71. The van der Waals surface area contributed by atoms with E-state index >= 15 is 0 Å². The Balaban J connectivity index is 1.69. The molecule has 0 aromatic carbocycles. The molecule has 6 N–H and O–H groups in total. The van der Waals surface area contributed by atoms with Gasteiger partial charge in [0.25, 0.3) is 5.91 Å². The van der Waals surface area contributed by atoms with E-state index in [1.54, 1.807) is 34.6 Å². The molecule has 1 unspecified atom stereocenters. The highest BCUT2D eigenvalue weighted by atomic mass is 16.2. The molecule has 2 saturated carbocycles. The van der Waals surface area contributed by atoms with Gasteiger partial charge in [-0.2, -0.15) is 0 Å². The van der Waals surface area contributed by atoms with Crippen molar-refractivity contribution in [2.75, 3.05) is 13.1 Å². The molecule has 0 aromatic rings. The zero-order valence-corrected chi connectivity index (χ0v) is 22.3. The summed E-state index contributed by atoms with van der Waals surface area (Å²) in [6, 6.07) is -3.52. The summed E-state index contributed by atoms with van der Waals surface area (Å²) in [5, 5.41) is 10.5. The Morgan fingerprint density at radius 2 is 1.65 bits per heavy atom. The van der Waals surface area contributed by atoms with Crippen molar-refractivity contribution in [1.82, 2.24) is 26.2 Å². The Hall–Kier alpha value is -3.18. The van der Waals surface area contributed by atoms with Crippen LogP contribution in [0.1, 0.15) is 60.3 Å². The number of nitrogens with two attached hydrogens (primary N) is 1. The lowest BCUT2D eigenvalue weighted by Crippen LogP contribution is -2.61. The summed E-state index contributed by atoms with van der Waals surface area (Å²) < 4.78 is 0. The number of urea groups is 1. The summed E-state index contributed by atoms with van der Waals surface area (Å²) >= 11 is 0. The van der Waals surface area contributed by atoms with Crippen molar-refractivity contribution in [2.24, 2.45) is 28.9 Å². The van der Waals surface area contributed by atoms with Gasteiger partial charge in [0.15, 0.2) is 0 Å². The lowest BCUT2D eigenvalue weighted by atomic mass is 9.85. The topological polar surface area (TPSA) is 180 Å². The molecule has 1 aliphatic heterocycles. The van der Waals surface area contributed by atoms with Crippen LogP contribution < -0.4 is 27.0 Å². The van der Waals surface area contributed by atoms with E-state index in [2.05, 4.69) is 21.3 Å². The average molecular weight is 521 g/mol. The molecule has 0 radical (unpaired) electrons. The van der Waals surface area contributed by atoms with E-state index in [1.165, 1.54) is 4.90 Å². The maximum atomic E-state index is 13.7. The van der Waals surface area contributed by atoms with E-state index in [9.17, 15) is 28.8 Å². The molecule has 0 bridgehead atoms. The summed E-state index contributed by atoms with van der Waals surface area (Å²) in [4.78, 5) is 76.8. The number of likely N-dealkylation sites (tertiary alicyclic amines) is 1. The van der Waals surface area contributed by atoms with E-state index in [0.29, 0.717) is 13.0 Å². The molecule has 206 valence electrons. The van der Waals surface area contributed by atoms with Crippen molar-refractivity contribution >= 4 is 35.4 Å². The summed E-state index contributed by atoms with van der Waals surface area (Å²) in [6.07, 6.45) is 2.99. The molecule has 1 heterocycles. The fourth-order valence-electron chi connectivity index (χ4n) is 4.91. The minimum Gasteiger partial charge on any atom is -0.363 e. The second kappa shape index (κ2) is 11.1. The third-order valence-electron chi connectivity index (χ3n) is 7.09. The van der Waals surface area contributed by atoms with Gasteiger partial charge in [0.05, 0.1) is 12.6 Å². The van der Waals surface area contributed by atoms with Crippen molar-refractivity contribution in [3.8, 4) is 0 Å². The maximum absolute atomic E-state index is 13.7. The molecule has 12 nitrogen and oxygen atoms in total. The Morgan fingerprint density at radius 3 is 2.19 bits per heavy atom. The zero-order chi connectivity index (χ0) is 27.7. The lowest BCUT2D eigenvalue weighted by Gasteiger charge is -2.36. The van der Waals surface area contributed by atoms with Gasteiger partial charge in [-0.3, -0.25) is 24.0 Å². The van der Waals surface area contributed by atoms with Gasteiger partial charge in [-0.15, -0.1) is 0 Å². The number of hydrogen-bond donors (Lipinski definition) is 5. The second-order valence-corrected chi connectivity index (χ2v) is 11.9. The molecule has 3 rings (SSSR count). The van der Waals surface area contributed by atoms with Crippen molar-refractivity contribution in [2.45, 2.75) is 84.5 Å². The predicted molar refractivity (Wildman–Crippen MR) is 134 cm³/mol. The normalized spacial score (nSPS) is 23.9. The first-order valence-corrected chi connectivity index (χ1v) is 13.0. The minimum atomic E-state index is -1.10. The molecule has 5 atom stereocenters. The van der Waals surface area contributed by atoms with Crippen LogP contribution in [0.15, 0.2) is 0 Å². The summed E-state index contributed by atoms with van der Waals surface area (Å²) in [5.41, 5.74) is 4.50. The highest BCUT2D eigenvalue weighted by Gasteiger charge is 2.58. The summed E-state index contributed by atoms with van der Waals surface area (Å²) in [6.45, 7) is 9.11. The number of ketones is 1. The number of carbonyl (C=O) groups is 6. The fraction of sp³-hybridized carbons (Fsp3) is 0.760. The molecule has 2 aliphatic carbocycles. The Bertz CT molecular complexity index is 956. The second-order valence-electron chi connectivity index (χ2n) is 11.9. The Kier molecular flexibility index (Phi) is 8.49. The quantitative estimate of drug-likeness (QED) is 0.227. The number of nitrogens with one attached hydrogen (secondary N) is 4. The van der Waals surface area contributed by atoms with Crippen molar-refractivity contribution in [3.63, 3.8) is 0 Å². The number of piperidine rings is 1. The van der Waals surface area contributed by atoms with E-state index in [1.807, 2.05) is 0 Å². The van der Waals surface area contributed by atoms with Crippen LogP contribution in [0.3, 0.4) is 0 Å². The Morgan fingerprint density at radius 1 is 1.00 bits per heavy atom. The first-order chi connectivity index (χ1) is 17.2. The monoisotopic (exact) mass is 520 g/mol. The number of rotatable bonds is 11. The molecule has 37 heavy (non-hydrogen) atoms. The van der Waals surface area contributed by atoms with Crippen LogP contribution in [-0.4, -0.2) is 77.6 Å². The molecular formula is C25H40N6O6. The number of amides is 6. The summed E-state index contributed by atoms with van der Waals surface area (Å²) in [7, 11) is 0. The molecule has 1 saturated heterocycles. The van der Waals surface area contributed by atoms with Crippen LogP contribution in [0, 0.1) is 23.2 Å². The minimum absolute atomic E-state index is 0.0385. The van der Waals surface area contributed by atoms with Gasteiger partial charge in [-0.05, 0) is 49.9 Å². The number of Topliss-reactive ketones (excluding diaryl/α,β-unsaturated/α-hetero) is 1. The fourth-order valence-corrected chi connectivity index (χ4v) is 4.91. The molecule has 3 aliphatic rings. The van der Waals surface area contributed by atoms with Gasteiger partial charge in [-0.25, -0.2) is 4.79 Å². The molecule has 6 amide bonds. The number of carbonyl (C=O) groups excluding carboxylic acids is 6. The number of primary amides is 1. The molecule has 3 fully saturated rings. The van der Waals surface area contributed by atoms with Gasteiger partial charge in [0.2, 0.25) is 23.5 Å². The van der Waals surface area contributed by atoms with Gasteiger partial charge >= 0.3 is 6.03 Å². The molecule has 0 spiro atoms. The van der Waals surface area contributed by atoms with E-state index in [4.69, 9.17) is 5.73 Å². The SMILES string of the molecule is CC(C)NC(=O)CNC(=O)N[C@H](C(=O)N1C[C@@H]2C[C@@H]2[C@H]1C(=O)NC(CC1CC1)C(=O)C(N)=O)C(C)(C)C. The van der Waals surface area contributed by atoms with Gasteiger partial charge in [0.1, 0.15) is 12.1 Å². The molecular weight excluding hydrogens is 480 g/mol. The lowest BCUT2D eigenvalue weighted by molar-refractivity contribution is -0.144. The standard InChI is InChI=1S/C25H40N6O6/c1-12(2)28-17(32)10-27-24(37)30-20(25(3,4)5)23(36)31-11-14-9-15(14)18(31)22(35)29-16(8-13-6-7-13)19(33)21(26)34/h12-16,18,20H,6-11H2,1-5H3,(H2,26,34)(H,28,32)(H,29,35)(H2,27,30,37)/t14-,15-,16?,18-,20+/m0/s1. The first kappa shape index (κ1) is 28.4. The third-order valence-corrected chi connectivity index (χ3v) is 7.09. The van der Waals surface area contributed by atoms with Crippen LogP contribution in [-0.2, 0) is 24.0 Å². The van der Waals surface area contributed by atoms with Gasteiger partial charge in [0, 0.05) is 12.6 Å². The van der Waals surface area contributed by atoms with E-state index in [0.717, 1.165) is 19.3 Å². The van der Waals surface area contributed by atoms with Crippen LogP contribution >= 0.6 is 0 Å². The maximum Gasteiger partial charge on any atom is 0.315 e. The smallest absolute Gasteiger partial charge is 0.315 e. The van der Waals surface area contributed by atoms with E-state index < -0.39 is 53.1 Å². The van der Waals surface area contributed by atoms with E-state index in [-0.39, 0.29) is 36.2 Å². The number of hydrogen-bond acceptors (Lipinski definition) is 6. The highest BCUT2D eigenvalue weighted by Crippen LogP contribution is 2.50. The largest absolute Gasteiger partial charge is 0.363 e. The van der Waals surface area contributed by atoms with Crippen LogP contribution in [0.25, 0.3) is 0 Å². The molecule has 12 heteroatoms. The Labute approximate surface area is 217 Å². The number of fused-ring (bicyclic) bond motifs is 1. The van der Waals surface area contributed by atoms with Crippen molar-refractivity contribution in [1.29, 1.82) is 0 Å². The van der Waals surface area contributed by atoms with Crippen LogP contribution in [0.4, 0.5) is 4.79 Å². The highest BCUT2D eigenvalue weighted by molar-refractivity contribution is 6.37. The van der Waals surface area contributed by atoms with Crippen LogP contribution in [0.2, 0.25) is 0 Å². The van der Waals surface area contributed by atoms with Gasteiger partial charge < -0.3 is 31.9 Å². The van der Waals surface area contributed by atoms with Gasteiger partial charge in [-0.1, -0.05) is 33.6 Å². The van der Waals surface area contributed by atoms with Crippen molar-refractivity contribution < 1.29 is 28.8 Å². The van der Waals surface area contributed by atoms with Crippen molar-refractivity contribution in [3.05, 3.63) is 0 Å². The summed E-state index contributed by atoms with van der Waals surface area (Å²) in [5.74, 6) is -2.80. The van der Waals surface area contributed by atoms with Crippen LogP contribution in [0.5, 0.6) is 0 Å². The first-order valence-electron chi connectivity index (χ1n) is 13.0.